The molecule has 1 aliphatic heterocycles. The third kappa shape index (κ3) is 3.06. The fraction of sp³-hybridized carbons (Fsp3) is 0.875. The number of hydrogen-bond acceptors (Lipinski definition) is 7. The fourth-order valence-corrected chi connectivity index (χ4v) is 2.61. The molecule has 0 radical (unpaired) electrons. The number of thioether (sulfide) groups is 1. The van der Waals surface area contributed by atoms with Gasteiger partial charge in [0.2, 0.25) is 0 Å². The second-order valence-electron chi connectivity index (χ2n) is 3.54. The molecule has 1 rings (SSSR count). The molecule has 0 spiro atoms. The van der Waals surface area contributed by atoms with E-state index in [2.05, 4.69) is 5.32 Å². The third-order valence-electron chi connectivity index (χ3n) is 2.35. The van der Waals surface area contributed by atoms with Gasteiger partial charge >= 0.3 is 5.97 Å². The molecule has 0 aromatic rings. The molecule has 1 aliphatic rings. The molecule has 7 nitrogen and oxygen atoms in total. The minimum atomic E-state index is -1.51. The van der Waals surface area contributed by atoms with Crippen LogP contribution >= 0.6 is 11.8 Å². The summed E-state index contributed by atoms with van der Waals surface area (Å²) in [7, 11) is 0. The van der Waals surface area contributed by atoms with Crippen LogP contribution in [-0.4, -0.2) is 73.6 Å². The van der Waals surface area contributed by atoms with E-state index in [1.807, 2.05) is 0 Å². The predicted octanol–water partition coefficient (Wildman–Crippen LogP) is -2.82. The molecular formula is C8H15NO6S. The first-order chi connectivity index (χ1) is 7.47. The highest BCUT2D eigenvalue weighted by Crippen LogP contribution is 2.24. The van der Waals surface area contributed by atoms with Crippen LogP contribution in [0, 0.1) is 0 Å². The molecule has 1 fully saturated rings. The van der Waals surface area contributed by atoms with E-state index in [1.54, 1.807) is 0 Å². The van der Waals surface area contributed by atoms with E-state index in [4.69, 9.17) is 15.3 Å². The molecule has 1 heterocycles. The van der Waals surface area contributed by atoms with Crippen molar-refractivity contribution < 1.29 is 30.3 Å². The lowest BCUT2D eigenvalue weighted by Gasteiger charge is -2.25. The smallest absolute Gasteiger partial charge is 0.321 e. The van der Waals surface area contributed by atoms with Gasteiger partial charge in [0.1, 0.15) is 24.4 Å². The van der Waals surface area contributed by atoms with Gasteiger partial charge in [0.05, 0.1) is 12.0 Å². The lowest BCUT2D eigenvalue weighted by molar-refractivity contribution is -0.139. The van der Waals surface area contributed by atoms with Gasteiger partial charge in [-0.3, -0.25) is 10.1 Å². The monoisotopic (exact) mass is 253 g/mol. The Morgan fingerprint density at radius 2 is 2.06 bits per heavy atom. The van der Waals surface area contributed by atoms with E-state index in [0.29, 0.717) is 0 Å². The zero-order valence-electron chi connectivity index (χ0n) is 8.35. The Labute approximate surface area is 96.1 Å². The zero-order chi connectivity index (χ0) is 12.3. The van der Waals surface area contributed by atoms with Crippen molar-refractivity contribution in [1.29, 1.82) is 0 Å². The molecule has 1 unspecified atom stereocenters. The van der Waals surface area contributed by atoms with Crippen molar-refractivity contribution in [2.45, 2.75) is 29.7 Å². The van der Waals surface area contributed by atoms with E-state index in [0.717, 1.165) is 11.8 Å². The standard InChI is InChI=1S/C8H15NO6S/c10-1-4(11)5(12)6(13)7-9-3(2-16-7)8(14)15/h3-7,9-13H,1-2H2,(H,14,15)/t3-,4+,5-,6+,7?/m0/s1. The van der Waals surface area contributed by atoms with Crippen LogP contribution in [0.2, 0.25) is 0 Å². The molecule has 0 aromatic heterocycles. The summed E-state index contributed by atoms with van der Waals surface area (Å²) >= 11 is 1.15. The van der Waals surface area contributed by atoms with Crippen LogP contribution in [0.4, 0.5) is 0 Å². The predicted molar refractivity (Wildman–Crippen MR) is 55.9 cm³/mol. The van der Waals surface area contributed by atoms with Gasteiger partial charge in [0.15, 0.2) is 0 Å². The van der Waals surface area contributed by atoms with Crippen LogP contribution in [0.3, 0.4) is 0 Å². The van der Waals surface area contributed by atoms with Gasteiger partial charge in [-0.15, -0.1) is 11.8 Å². The SMILES string of the molecule is O=C(O)[C@@H]1CSC([C@H](O)[C@@H](O)[C@H](O)CO)N1. The largest absolute Gasteiger partial charge is 0.480 e. The molecule has 94 valence electrons. The lowest BCUT2D eigenvalue weighted by Crippen LogP contribution is -2.50. The van der Waals surface area contributed by atoms with Crippen molar-refractivity contribution >= 4 is 17.7 Å². The summed E-state index contributed by atoms with van der Waals surface area (Å²) in [6.45, 7) is -0.669. The molecule has 0 saturated carbocycles. The first-order valence-electron chi connectivity index (χ1n) is 4.73. The van der Waals surface area contributed by atoms with Gasteiger partial charge in [-0.05, 0) is 0 Å². The summed E-state index contributed by atoms with van der Waals surface area (Å²) in [5.41, 5.74) is 0. The number of aliphatic carboxylic acids is 1. The molecule has 16 heavy (non-hydrogen) atoms. The van der Waals surface area contributed by atoms with Crippen molar-refractivity contribution in [2.24, 2.45) is 0 Å². The average Bonchev–Trinajstić information content (AvgIpc) is 2.75. The minimum Gasteiger partial charge on any atom is -0.480 e. The number of hydrogen-bond donors (Lipinski definition) is 6. The van der Waals surface area contributed by atoms with Crippen molar-refractivity contribution in [3.63, 3.8) is 0 Å². The number of carboxylic acids is 1. The van der Waals surface area contributed by atoms with Crippen molar-refractivity contribution in [3.8, 4) is 0 Å². The number of aliphatic hydroxyl groups is 4. The van der Waals surface area contributed by atoms with Crippen LogP contribution in [0.15, 0.2) is 0 Å². The maximum absolute atomic E-state index is 10.6. The molecule has 6 N–H and O–H groups in total. The van der Waals surface area contributed by atoms with Crippen molar-refractivity contribution in [3.05, 3.63) is 0 Å². The Hall–Kier alpha value is -0.380. The summed E-state index contributed by atoms with van der Waals surface area (Å²) < 4.78 is 0. The lowest BCUT2D eigenvalue weighted by atomic mass is 10.1. The molecule has 5 atom stereocenters. The summed E-state index contributed by atoms with van der Waals surface area (Å²) in [5, 5.41) is 47.4. The van der Waals surface area contributed by atoms with E-state index >= 15 is 0 Å². The van der Waals surface area contributed by atoms with Crippen LogP contribution in [0.5, 0.6) is 0 Å². The highest BCUT2D eigenvalue weighted by molar-refractivity contribution is 8.00. The topological polar surface area (TPSA) is 130 Å². The van der Waals surface area contributed by atoms with Crippen LogP contribution in [-0.2, 0) is 4.79 Å². The number of nitrogens with one attached hydrogen (secondary N) is 1. The Morgan fingerprint density at radius 3 is 2.50 bits per heavy atom. The van der Waals surface area contributed by atoms with Gasteiger partial charge in [0, 0.05) is 5.75 Å². The number of rotatable bonds is 5. The molecule has 8 heteroatoms. The van der Waals surface area contributed by atoms with Gasteiger partial charge in [-0.1, -0.05) is 0 Å². The number of carbonyl (C=O) groups is 1. The van der Waals surface area contributed by atoms with Gasteiger partial charge in [0.25, 0.3) is 0 Å². The van der Waals surface area contributed by atoms with Gasteiger partial charge in [-0.2, -0.15) is 0 Å². The minimum absolute atomic E-state index is 0.277. The highest BCUT2D eigenvalue weighted by atomic mass is 32.2. The summed E-state index contributed by atoms with van der Waals surface area (Å²) in [6, 6.07) is -0.775. The first kappa shape index (κ1) is 13.7. The Balaban J connectivity index is 2.50. The molecule has 0 aromatic carbocycles. The molecule has 0 amide bonds. The highest BCUT2D eigenvalue weighted by Gasteiger charge is 2.38. The normalized spacial score (nSPS) is 31.0. The summed E-state index contributed by atoms with van der Waals surface area (Å²) in [6.07, 6.45) is -4.29. The van der Waals surface area contributed by atoms with Crippen molar-refractivity contribution in [1.82, 2.24) is 5.32 Å². The first-order valence-corrected chi connectivity index (χ1v) is 5.77. The van der Waals surface area contributed by atoms with Crippen LogP contribution in [0.25, 0.3) is 0 Å². The van der Waals surface area contributed by atoms with E-state index in [-0.39, 0.29) is 5.75 Å². The van der Waals surface area contributed by atoms with E-state index < -0.39 is 42.3 Å². The molecular weight excluding hydrogens is 238 g/mol. The Kier molecular flexibility index (Phi) is 4.96. The summed E-state index contributed by atoms with van der Waals surface area (Å²) in [4.78, 5) is 10.6. The second-order valence-corrected chi connectivity index (χ2v) is 4.72. The molecule has 0 aliphatic carbocycles. The maximum Gasteiger partial charge on any atom is 0.321 e. The van der Waals surface area contributed by atoms with Crippen LogP contribution < -0.4 is 5.32 Å². The summed E-state index contributed by atoms with van der Waals surface area (Å²) in [5.74, 6) is -0.752. The third-order valence-corrected chi connectivity index (χ3v) is 3.65. The number of carboxylic acid groups (broad SMARTS) is 1. The van der Waals surface area contributed by atoms with Crippen LogP contribution in [0.1, 0.15) is 0 Å². The zero-order valence-corrected chi connectivity index (χ0v) is 9.17. The van der Waals surface area contributed by atoms with Crippen molar-refractivity contribution in [2.75, 3.05) is 12.4 Å². The van der Waals surface area contributed by atoms with Gasteiger partial charge in [-0.25, -0.2) is 0 Å². The quantitative estimate of drug-likeness (QED) is 0.309. The molecule has 1 saturated heterocycles. The Bertz CT molecular complexity index is 253. The molecule has 0 bridgehead atoms. The maximum atomic E-state index is 10.6. The average molecular weight is 253 g/mol. The fourth-order valence-electron chi connectivity index (χ4n) is 1.35. The number of aliphatic hydroxyl groups excluding tert-OH is 4. The Morgan fingerprint density at radius 1 is 1.44 bits per heavy atom. The van der Waals surface area contributed by atoms with E-state index in [1.165, 1.54) is 0 Å². The second kappa shape index (κ2) is 5.80. The van der Waals surface area contributed by atoms with E-state index in [9.17, 15) is 15.0 Å². The van der Waals surface area contributed by atoms with Gasteiger partial charge < -0.3 is 25.5 Å².